The molecule has 2 aromatic carbocycles. The Hall–Kier alpha value is -1.97. The molecule has 2 amide bonds. The van der Waals surface area contributed by atoms with E-state index in [0.29, 0.717) is 32.3 Å². The summed E-state index contributed by atoms with van der Waals surface area (Å²) in [5.74, 6) is 0.0874. The number of nitrogens with zero attached hydrogens (tertiary/aromatic N) is 3. The molecule has 34 heavy (non-hydrogen) atoms. The summed E-state index contributed by atoms with van der Waals surface area (Å²) in [4.78, 5) is 25.2. The Morgan fingerprint density at radius 2 is 1.62 bits per heavy atom. The smallest absolute Gasteiger partial charge is 0.251 e. The minimum Gasteiger partial charge on any atom is -0.342 e. The Balaban J connectivity index is 1.68. The summed E-state index contributed by atoms with van der Waals surface area (Å²) in [5, 5.41) is 16.1. The monoisotopic (exact) mass is 559 g/mol. The third kappa shape index (κ3) is 6.58. The molecule has 0 saturated heterocycles. The lowest BCUT2D eigenvalue weighted by Gasteiger charge is -2.21. The molecule has 1 heterocycles. The molecule has 180 valence electrons. The van der Waals surface area contributed by atoms with Gasteiger partial charge in [0.25, 0.3) is 5.91 Å². The van der Waals surface area contributed by atoms with Crippen LogP contribution in [0.25, 0.3) is 0 Å². The number of halogens is 4. The standard InChI is InChI=1S/C22H21Cl4N5O2S/c1-11(2)18(28-21(33)12-4-6-13(23)7-5-12)20-29-30-22(31(20)3)34-10-17(32)27-19-15(25)8-14(24)9-16(19)26/h4-9,11,18H,10H2,1-3H3,(H,27,32)(H,28,33)/t18-/m1/s1. The second-order valence-corrected chi connectivity index (χ2v) is 10.3. The van der Waals surface area contributed by atoms with Gasteiger partial charge in [0.15, 0.2) is 11.0 Å². The zero-order valence-electron chi connectivity index (χ0n) is 18.4. The summed E-state index contributed by atoms with van der Waals surface area (Å²) in [6.45, 7) is 3.95. The number of thioether (sulfide) groups is 1. The van der Waals surface area contributed by atoms with E-state index in [9.17, 15) is 9.59 Å². The second kappa shape index (κ2) is 11.6. The molecule has 0 aliphatic heterocycles. The Labute approximate surface area is 221 Å². The van der Waals surface area contributed by atoms with Crippen molar-refractivity contribution < 1.29 is 9.59 Å². The molecule has 2 N–H and O–H groups in total. The van der Waals surface area contributed by atoms with Gasteiger partial charge in [-0.05, 0) is 42.3 Å². The van der Waals surface area contributed by atoms with Gasteiger partial charge in [0, 0.05) is 22.7 Å². The van der Waals surface area contributed by atoms with Crippen LogP contribution in [0.1, 0.15) is 36.1 Å². The number of aromatic nitrogens is 3. The summed E-state index contributed by atoms with van der Waals surface area (Å²) in [6.07, 6.45) is 0. The lowest BCUT2D eigenvalue weighted by atomic mass is 10.0. The minimum atomic E-state index is -0.393. The van der Waals surface area contributed by atoms with Crippen molar-refractivity contribution in [3.05, 3.63) is 67.9 Å². The van der Waals surface area contributed by atoms with E-state index < -0.39 is 6.04 Å². The third-order valence-corrected chi connectivity index (χ3v) is 6.90. The van der Waals surface area contributed by atoms with Crippen molar-refractivity contribution in [2.24, 2.45) is 13.0 Å². The molecule has 12 heteroatoms. The van der Waals surface area contributed by atoms with Crippen LogP contribution < -0.4 is 10.6 Å². The van der Waals surface area contributed by atoms with Gasteiger partial charge in [-0.2, -0.15) is 0 Å². The van der Waals surface area contributed by atoms with Crippen LogP contribution in [0.2, 0.25) is 20.1 Å². The predicted molar refractivity (Wildman–Crippen MR) is 138 cm³/mol. The first-order valence-corrected chi connectivity index (χ1v) is 12.6. The van der Waals surface area contributed by atoms with E-state index in [1.165, 1.54) is 23.9 Å². The Morgan fingerprint density at radius 3 is 2.21 bits per heavy atom. The Bertz CT molecular complexity index is 1180. The van der Waals surface area contributed by atoms with Crippen LogP contribution in [0.5, 0.6) is 0 Å². The van der Waals surface area contributed by atoms with E-state index in [0.717, 1.165) is 0 Å². The SMILES string of the molecule is CC(C)[C@@H](NC(=O)c1ccc(Cl)cc1)c1nnc(SCC(=O)Nc2c(Cl)cc(Cl)cc2Cl)n1C. The van der Waals surface area contributed by atoms with Crippen molar-refractivity contribution in [2.75, 3.05) is 11.1 Å². The normalized spacial score (nSPS) is 12.0. The van der Waals surface area contributed by atoms with Crippen molar-refractivity contribution >= 4 is 75.7 Å². The van der Waals surface area contributed by atoms with Crippen LogP contribution in [0.15, 0.2) is 41.6 Å². The van der Waals surface area contributed by atoms with E-state index >= 15 is 0 Å². The van der Waals surface area contributed by atoms with Gasteiger partial charge in [0.2, 0.25) is 5.91 Å². The number of carbonyl (C=O) groups excluding carboxylic acids is 2. The quantitative estimate of drug-likeness (QED) is 0.316. The van der Waals surface area contributed by atoms with Gasteiger partial charge in [0.1, 0.15) is 0 Å². The highest BCUT2D eigenvalue weighted by Gasteiger charge is 2.25. The minimum absolute atomic E-state index is 0.0366. The molecule has 0 aliphatic rings. The highest BCUT2D eigenvalue weighted by Crippen LogP contribution is 2.34. The van der Waals surface area contributed by atoms with Gasteiger partial charge in [-0.25, -0.2) is 0 Å². The van der Waals surface area contributed by atoms with Crippen molar-refractivity contribution in [1.82, 2.24) is 20.1 Å². The molecule has 0 radical (unpaired) electrons. The third-order valence-electron chi connectivity index (χ3n) is 4.81. The molecule has 0 aliphatic carbocycles. The van der Waals surface area contributed by atoms with Gasteiger partial charge < -0.3 is 15.2 Å². The number of anilines is 1. The number of carbonyl (C=O) groups is 2. The van der Waals surface area contributed by atoms with E-state index in [1.807, 2.05) is 13.8 Å². The van der Waals surface area contributed by atoms with Crippen LogP contribution in [0, 0.1) is 5.92 Å². The highest BCUT2D eigenvalue weighted by molar-refractivity contribution is 7.99. The molecule has 0 bridgehead atoms. The predicted octanol–water partition coefficient (Wildman–Crippen LogP) is 6.29. The topological polar surface area (TPSA) is 88.9 Å². The zero-order chi connectivity index (χ0) is 25.0. The van der Waals surface area contributed by atoms with Crippen molar-refractivity contribution in [2.45, 2.75) is 25.0 Å². The van der Waals surface area contributed by atoms with Crippen LogP contribution >= 0.6 is 58.2 Å². The molecular weight excluding hydrogens is 540 g/mol. The van der Waals surface area contributed by atoms with Gasteiger partial charge in [-0.3, -0.25) is 9.59 Å². The summed E-state index contributed by atoms with van der Waals surface area (Å²) >= 11 is 25.3. The van der Waals surface area contributed by atoms with Gasteiger partial charge in [0.05, 0.1) is 27.5 Å². The van der Waals surface area contributed by atoms with Crippen molar-refractivity contribution in [1.29, 1.82) is 0 Å². The summed E-state index contributed by atoms with van der Waals surface area (Å²) in [5.41, 5.74) is 0.782. The number of benzene rings is 2. The maximum absolute atomic E-state index is 12.7. The number of hydrogen-bond acceptors (Lipinski definition) is 5. The molecule has 3 rings (SSSR count). The van der Waals surface area contributed by atoms with Crippen molar-refractivity contribution in [3.63, 3.8) is 0 Å². The van der Waals surface area contributed by atoms with Crippen LogP contribution in [0.4, 0.5) is 5.69 Å². The Kier molecular flexibility index (Phi) is 9.12. The fourth-order valence-electron chi connectivity index (χ4n) is 3.05. The number of amides is 2. The van der Waals surface area contributed by atoms with E-state index in [1.54, 1.807) is 35.9 Å². The van der Waals surface area contributed by atoms with E-state index in [4.69, 9.17) is 46.4 Å². The number of hydrogen-bond donors (Lipinski definition) is 2. The van der Waals surface area contributed by atoms with Crippen LogP contribution in [0.3, 0.4) is 0 Å². The maximum atomic E-state index is 12.7. The summed E-state index contributed by atoms with van der Waals surface area (Å²) in [6, 6.07) is 9.24. The first kappa shape index (κ1) is 26.6. The molecular formula is C22H21Cl4N5O2S. The molecule has 3 aromatic rings. The molecule has 0 unspecified atom stereocenters. The van der Waals surface area contributed by atoms with Crippen molar-refractivity contribution in [3.8, 4) is 0 Å². The first-order valence-electron chi connectivity index (χ1n) is 10.1. The number of nitrogens with one attached hydrogen (secondary N) is 2. The first-order chi connectivity index (χ1) is 16.1. The zero-order valence-corrected chi connectivity index (χ0v) is 22.2. The fourth-order valence-corrected chi connectivity index (χ4v) is 4.80. The molecule has 7 nitrogen and oxygen atoms in total. The fraction of sp³-hybridized carbons (Fsp3) is 0.273. The molecule has 1 atom stereocenters. The van der Waals surface area contributed by atoms with Gasteiger partial charge >= 0.3 is 0 Å². The second-order valence-electron chi connectivity index (χ2n) is 7.68. The highest BCUT2D eigenvalue weighted by atomic mass is 35.5. The van der Waals surface area contributed by atoms with Gasteiger partial charge in [-0.1, -0.05) is 72.0 Å². The summed E-state index contributed by atoms with van der Waals surface area (Å²) < 4.78 is 1.76. The van der Waals surface area contributed by atoms with Gasteiger partial charge in [-0.15, -0.1) is 10.2 Å². The van der Waals surface area contributed by atoms with Crippen LogP contribution in [-0.2, 0) is 11.8 Å². The van der Waals surface area contributed by atoms with E-state index in [-0.39, 0.29) is 33.5 Å². The molecule has 0 saturated carbocycles. The van der Waals surface area contributed by atoms with E-state index in [2.05, 4.69) is 20.8 Å². The number of rotatable bonds is 8. The average molecular weight is 561 g/mol. The Morgan fingerprint density at radius 1 is 1.00 bits per heavy atom. The average Bonchev–Trinajstić information content (AvgIpc) is 3.13. The maximum Gasteiger partial charge on any atom is 0.251 e. The van der Waals surface area contributed by atoms with Crippen LogP contribution in [-0.4, -0.2) is 32.3 Å². The molecule has 0 fully saturated rings. The lowest BCUT2D eigenvalue weighted by molar-refractivity contribution is -0.113. The largest absolute Gasteiger partial charge is 0.342 e. The molecule has 1 aromatic heterocycles. The summed E-state index contributed by atoms with van der Waals surface area (Å²) in [7, 11) is 1.78. The molecule has 0 spiro atoms. The lowest BCUT2D eigenvalue weighted by Crippen LogP contribution is -2.33.